The van der Waals surface area contributed by atoms with Crippen LogP contribution in [0.25, 0.3) is 11.3 Å². The standard InChI is InChI=1S/C22H23BrFN5O2/c1-29-21(19(23)13-26-29)18-11-16(8-9-20(18)31-17-3-2-10-25-12-17)28-22(30)27-15-6-4-14(24)5-7-15/h4-9,11,13,17,25H,2-3,10,12H2,1H3,(H2,27,28,30). The molecule has 1 aliphatic rings. The Kier molecular flexibility index (Phi) is 6.53. The SMILES string of the molecule is Cn1ncc(Br)c1-c1cc(NC(=O)Nc2ccc(F)cc2)ccc1OC1CCCNC1. The van der Waals surface area contributed by atoms with Gasteiger partial charge in [-0.05, 0) is 77.8 Å². The van der Waals surface area contributed by atoms with E-state index in [2.05, 4.69) is 37.0 Å². The van der Waals surface area contributed by atoms with Gasteiger partial charge in [0.2, 0.25) is 0 Å². The Labute approximate surface area is 188 Å². The van der Waals surface area contributed by atoms with Gasteiger partial charge in [0.05, 0.1) is 16.4 Å². The van der Waals surface area contributed by atoms with Crippen molar-refractivity contribution in [1.82, 2.24) is 15.1 Å². The Hall–Kier alpha value is -2.91. The first kappa shape index (κ1) is 21.3. The highest BCUT2D eigenvalue weighted by Gasteiger charge is 2.20. The molecule has 0 radical (unpaired) electrons. The van der Waals surface area contributed by atoms with Gasteiger partial charge in [0, 0.05) is 30.5 Å². The number of amides is 2. The van der Waals surface area contributed by atoms with E-state index in [0.717, 1.165) is 47.4 Å². The van der Waals surface area contributed by atoms with Crippen LogP contribution in [0.15, 0.2) is 53.1 Å². The second-order valence-corrected chi connectivity index (χ2v) is 8.20. The maximum absolute atomic E-state index is 13.1. The molecule has 1 aliphatic heterocycles. The minimum absolute atomic E-state index is 0.0834. The molecule has 0 spiro atoms. The molecule has 0 bridgehead atoms. The van der Waals surface area contributed by atoms with Crippen LogP contribution >= 0.6 is 15.9 Å². The van der Waals surface area contributed by atoms with Crippen molar-refractivity contribution in [3.05, 3.63) is 59.0 Å². The minimum atomic E-state index is -0.424. The number of halogens is 2. The third kappa shape index (κ3) is 5.23. The Morgan fingerprint density at radius 1 is 1.23 bits per heavy atom. The molecule has 3 aromatic rings. The molecule has 0 aliphatic carbocycles. The normalized spacial score (nSPS) is 16.0. The fraction of sp³-hybridized carbons (Fsp3) is 0.273. The van der Waals surface area contributed by atoms with E-state index in [4.69, 9.17) is 4.74 Å². The second kappa shape index (κ2) is 9.49. The molecule has 31 heavy (non-hydrogen) atoms. The van der Waals surface area contributed by atoms with Crippen molar-refractivity contribution in [3.8, 4) is 17.0 Å². The molecule has 2 heterocycles. The number of ether oxygens (including phenoxy) is 1. The summed E-state index contributed by atoms with van der Waals surface area (Å²) in [5.41, 5.74) is 2.76. The number of hydrogen-bond acceptors (Lipinski definition) is 4. The lowest BCUT2D eigenvalue weighted by Gasteiger charge is -2.25. The first-order valence-electron chi connectivity index (χ1n) is 10.0. The number of nitrogens with zero attached hydrogens (tertiary/aromatic N) is 2. The van der Waals surface area contributed by atoms with Crippen LogP contribution in [0.3, 0.4) is 0 Å². The van der Waals surface area contributed by atoms with Gasteiger partial charge in [0.15, 0.2) is 0 Å². The highest BCUT2D eigenvalue weighted by atomic mass is 79.9. The highest BCUT2D eigenvalue weighted by Crippen LogP contribution is 2.37. The number of anilines is 2. The summed E-state index contributed by atoms with van der Waals surface area (Å²) in [4.78, 5) is 12.4. The van der Waals surface area contributed by atoms with Crippen molar-refractivity contribution >= 4 is 33.3 Å². The molecule has 7 nitrogen and oxygen atoms in total. The van der Waals surface area contributed by atoms with Gasteiger partial charge < -0.3 is 20.7 Å². The third-order valence-corrected chi connectivity index (χ3v) is 5.61. The van der Waals surface area contributed by atoms with Gasteiger partial charge in [0.1, 0.15) is 17.7 Å². The molecule has 1 fully saturated rings. The van der Waals surface area contributed by atoms with Crippen molar-refractivity contribution in [2.75, 3.05) is 23.7 Å². The molecule has 2 amide bonds. The van der Waals surface area contributed by atoms with Gasteiger partial charge in [-0.15, -0.1) is 0 Å². The second-order valence-electron chi connectivity index (χ2n) is 7.35. The lowest BCUT2D eigenvalue weighted by atomic mass is 10.1. The number of nitrogens with one attached hydrogen (secondary N) is 3. The van der Waals surface area contributed by atoms with Crippen molar-refractivity contribution in [2.24, 2.45) is 7.05 Å². The zero-order valence-corrected chi connectivity index (χ0v) is 18.6. The number of carbonyl (C=O) groups is 1. The molecule has 1 unspecified atom stereocenters. The molecule has 1 aromatic heterocycles. The Bertz CT molecular complexity index is 1040. The van der Waals surface area contributed by atoms with E-state index in [-0.39, 0.29) is 11.9 Å². The lowest BCUT2D eigenvalue weighted by molar-refractivity contribution is 0.168. The fourth-order valence-corrected chi connectivity index (χ4v) is 4.10. The van der Waals surface area contributed by atoms with Crippen LogP contribution in [0, 0.1) is 5.82 Å². The van der Waals surface area contributed by atoms with Gasteiger partial charge in [-0.3, -0.25) is 4.68 Å². The molecule has 1 atom stereocenters. The smallest absolute Gasteiger partial charge is 0.323 e. The van der Waals surface area contributed by atoms with Crippen molar-refractivity contribution in [1.29, 1.82) is 0 Å². The molecule has 1 saturated heterocycles. The van der Waals surface area contributed by atoms with E-state index in [0.29, 0.717) is 11.4 Å². The molecule has 162 valence electrons. The van der Waals surface area contributed by atoms with Gasteiger partial charge in [0.25, 0.3) is 0 Å². The number of hydrogen-bond donors (Lipinski definition) is 3. The predicted octanol–water partition coefficient (Wildman–Crippen LogP) is 4.76. The number of piperidine rings is 1. The largest absolute Gasteiger partial charge is 0.488 e. The van der Waals surface area contributed by atoms with E-state index in [9.17, 15) is 9.18 Å². The van der Waals surface area contributed by atoms with Crippen LogP contribution in [0.5, 0.6) is 5.75 Å². The van der Waals surface area contributed by atoms with Crippen LogP contribution < -0.4 is 20.7 Å². The van der Waals surface area contributed by atoms with E-state index >= 15 is 0 Å². The van der Waals surface area contributed by atoms with Crippen LogP contribution in [-0.2, 0) is 7.05 Å². The van der Waals surface area contributed by atoms with E-state index < -0.39 is 6.03 Å². The van der Waals surface area contributed by atoms with E-state index in [1.165, 1.54) is 24.3 Å². The predicted molar refractivity (Wildman–Crippen MR) is 122 cm³/mol. The summed E-state index contributed by atoms with van der Waals surface area (Å²) >= 11 is 3.56. The zero-order chi connectivity index (χ0) is 21.8. The van der Waals surface area contributed by atoms with E-state index in [1.54, 1.807) is 16.9 Å². The average molecular weight is 488 g/mol. The van der Waals surface area contributed by atoms with Crippen LogP contribution in [0.4, 0.5) is 20.6 Å². The Morgan fingerprint density at radius 3 is 2.65 bits per heavy atom. The monoisotopic (exact) mass is 487 g/mol. The molecule has 4 rings (SSSR count). The number of benzene rings is 2. The average Bonchev–Trinajstić information content (AvgIpc) is 3.09. The minimum Gasteiger partial charge on any atom is -0.488 e. The first-order chi connectivity index (χ1) is 15.0. The van der Waals surface area contributed by atoms with Crippen LogP contribution in [0.2, 0.25) is 0 Å². The first-order valence-corrected chi connectivity index (χ1v) is 10.8. The molecular formula is C22H23BrFN5O2. The quantitative estimate of drug-likeness (QED) is 0.484. The van der Waals surface area contributed by atoms with Crippen molar-refractivity contribution < 1.29 is 13.9 Å². The summed E-state index contributed by atoms with van der Waals surface area (Å²) in [6, 6.07) is 10.7. The van der Waals surface area contributed by atoms with Gasteiger partial charge >= 0.3 is 6.03 Å². The van der Waals surface area contributed by atoms with Gasteiger partial charge in [-0.1, -0.05) is 0 Å². The Morgan fingerprint density at radius 2 is 1.97 bits per heavy atom. The number of rotatable bonds is 5. The number of aromatic nitrogens is 2. The van der Waals surface area contributed by atoms with Gasteiger partial charge in [-0.25, -0.2) is 9.18 Å². The van der Waals surface area contributed by atoms with E-state index in [1.807, 2.05) is 19.2 Å². The lowest BCUT2D eigenvalue weighted by Crippen LogP contribution is -2.37. The molecule has 2 aromatic carbocycles. The number of aryl methyl sites for hydroxylation is 1. The maximum Gasteiger partial charge on any atom is 0.323 e. The summed E-state index contributed by atoms with van der Waals surface area (Å²) in [6.45, 7) is 1.80. The summed E-state index contributed by atoms with van der Waals surface area (Å²) in [6.07, 6.45) is 3.86. The van der Waals surface area contributed by atoms with Crippen molar-refractivity contribution in [3.63, 3.8) is 0 Å². The third-order valence-electron chi connectivity index (χ3n) is 5.03. The van der Waals surface area contributed by atoms with Gasteiger partial charge in [-0.2, -0.15) is 5.10 Å². The van der Waals surface area contributed by atoms with Crippen LogP contribution in [0.1, 0.15) is 12.8 Å². The molecule has 3 N–H and O–H groups in total. The summed E-state index contributed by atoms with van der Waals surface area (Å²) < 4.78 is 22.0. The van der Waals surface area contributed by atoms with Crippen molar-refractivity contribution in [2.45, 2.75) is 18.9 Å². The van der Waals surface area contributed by atoms with Crippen LogP contribution in [-0.4, -0.2) is 35.0 Å². The summed E-state index contributed by atoms with van der Waals surface area (Å²) in [5.74, 6) is 0.364. The highest BCUT2D eigenvalue weighted by molar-refractivity contribution is 9.10. The number of urea groups is 1. The fourth-order valence-electron chi connectivity index (χ4n) is 3.54. The molecule has 0 saturated carbocycles. The maximum atomic E-state index is 13.1. The topological polar surface area (TPSA) is 80.2 Å². The number of carbonyl (C=O) groups excluding carboxylic acids is 1. The summed E-state index contributed by atoms with van der Waals surface area (Å²) in [5, 5.41) is 13.2. The summed E-state index contributed by atoms with van der Waals surface area (Å²) in [7, 11) is 1.85. The molecular weight excluding hydrogens is 465 g/mol. The Balaban J connectivity index is 1.58. The zero-order valence-electron chi connectivity index (χ0n) is 17.0. The molecule has 9 heteroatoms.